The molecule has 2 fully saturated rings. The van der Waals surface area contributed by atoms with Crippen LogP contribution in [0.25, 0.3) is 0 Å². The summed E-state index contributed by atoms with van der Waals surface area (Å²) < 4.78 is 0. The van der Waals surface area contributed by atoms with E-state index >= 15 is 0 Å². The van der Waals surface area contributed by atoms with Crippen LogP contribution in [0.1, 0.15) is 37.0 Å². The molecule has 5 heteroatoms. The maximum Gasteiger partial charge on any atom is 0.319 e. The smallest absolute Gasteiger partial charge is 0.319 e. The van der Waals surface area contributed by atoms with Crippen molar-refractivity contribution in [3.63, 3.8) is 0 Å². The second-order valence-corrected chi connectivity index (χ2v) is 6.52. The summed E-state index contributed by atoms with van der Waals surface area (Å²) in [6, 6.07) is 4.22. The Morgan fingerprint density at radius 3 is 2.58 bits per heavy atom. The first-order valence-electron chi connectivity index (χ1n) is 6.70. The van der Waals surface area contributed by atoms with Crippen LogP contribution < -0.4 is 0 Å². The van der Waals surface area contributed by atoms with Gasteiger partial charge in [-0.05, 0) is 37.1 Å². The average molecular weight is 279 g/mol. The van der Waals surface area contributed by atoms with Crippen molar-refractivity contribution >= 4 is 23.2 Å². The van der Waals surface area contributed by atoms with Crippen LogP contribution in [0, 0.1) is 5.41 Å². The Morgan fingerprint density at radius 2 is 2.16 bits per heavy atom. The van der Waals surface area contributed by atoms with Gasteiger partial charge in [-0.25, -0.2) is 0 Å². The summed E-state index contributed by atoms with van der Waals surface area (Å²) in [6.45, 7) is 0.566. The van der Waals surface area contributed by atoms with E-state index in [4.69, 9.17) is 0 Å². The number of carbonyl (C=O) groups excluding carboxylic acids is 1. The largest absolute Gasteiger partial charge is 0.480 e. The van der Waals surface area contributed by atoms with Crippen molar-refractivity contribution in [1.29, 1.82) is 0 Å². The number of carboxylic acid groups (broad SMARTS) is 1. The van der Waals surface area contributed by atoms with Crippen LogP contribution >= 0.6 is 11.3 Å². The van der Waals surface area contributed by atoms with E-state index in [-0.39, 0.29) is 11.9 Å². The van der Waals surface area contributed by atoms with E-state index in [1.165, 1.54) is 0 Å². The van der Waals surface area contributed by atoms with Crippen molar-refractivity contribution < 1.29 is 14.7 Å². The van der Waals surface area contributed by atoms with E-state index in [9.17, 15) is 14.7 Å². The molecule has 102 valence electrons. The van der Waals surface area contributed by atoms with Gasteiger partial charge in [-0.15, -0.1) is 11.3 Å². The fourth-order valence-electron chi connectivity index (χ4n) is 2.65. The monoisotopic (exact) mass is 279 g/mol. The number of rotatable bonds is 5. The molecular formula is C14H17NO3S. The average Bonchev–Trinajstić information content (AvgIpc) is 3.01. The van der Waals surface area contributed by atoms with Crippen LogP contribution in [0.2, 0.25) is 0 Å². The van der Waals surface area contributed by atoms with Crippen LogP contribution in [-0.4, -0.2) is 27.9 Å². The standard InChI is InChI=1S/C14H17NO3S/c16-12(14(13(17)18)6-2-7-14)15(10-4-5-10)9-11-3-1-8-19-11/h1,3,8,10H,2,4-7,9H2,(H,17,18). The predicted octanol–water partition coefficient (Wildman–Crippen LogP) is 2.49. The summed E-state index contributed by atoms with van der Waals surface area (Å²) in [5.41, 5.74) is -1.13. The highest BCUT2D eigenvalue weighted by Gasteiger charge is 2.54. The van der Waals surface area contributed by atoms with Gasteiger partial charge in [0.15, 0.2) is 0 Å². The number of hydrogen-bond acceptors (Lipinski definition) is 3. The molecule has 0 bridgehead atoms. The SMILES string of the molecule is O=C(O)C1(C(=O)N(Cc2cccs2)C2CC2)CCC1. The number of carboxylic acids is 1. The van der Waals surface area contributed by atoms with Crippen molar-refractivity contribution in [3.8, 4) is 0 Å². The van der Waals surface area contributed by atoms with E-state index in [1.54, 1.807) is 16.2 Å². The maximum atomic E-state index is 12.6. The molecule has 0 aliphatic heterocycles. The first-order chi connectivity index (χ1) is 9.13. The Bertz CT molecular complexity index is 489. The molecule has 0 unspecified atom stereocenters. The third-order valence-corrected chi connectivity index (χ3v) is 5.04. The molecule has 0 spiro atoms. The summed E-state index contributed by atoms with van der Waals surface area (Å²) in [6.07, 6.45) is 3.85. The normalized spacial score (nSPS) is 20.6. The lowest BCUT2D eigenvalue weighted by atomic mass is 9.67. The first kappa shape index (κ1) is 12.7. The zero-order valence-electron chi connectivity index (χ0n) is 10.7. The van der Waals surface area contributed by atoms with Crippen LogP contribution in [0.5, 0.6) is 0 Å². The fourth-order valence-corrected chi connectivity index (χ4v) is 3.35. The van der Waals surface area contributed by atoms with E-state index in [0.717, 1.165) is 24.1 Å². The molecule has 1 heterocycles. The summed E-state index contributed by atoms with van der Waals surface area (Å²) in [7, 11) is 0. The van der Waals surface area contributed by atoms with Crippen LogP contribution in [0.15, 0.2) is 17.5 Å². The lowest BCUT2D eigenvalue weighted by molar-refractivity contribution is -0.168. The van der Waals surface area contributed by atoms with Gasteiger partial charge in [0, 0.05) is 10.9 Å². The number of thiophene rings is 1. The van der Waals surface area contributed by atoms with Crippen LogP contribution in [0.4, 0.5) is 0 Å². The van der Waals surface area contributed by atoms with Crippen molar-refractivity contribution in [1.82, 2.24) is 4.90 Å². The Morgan fingerprint density at radius 1 is 1.42 bits per heavy atom. The lowest BCUT2D eigenvalue weighted by Gasteiger charge is -2.40. The summed E-state index contributed by atoms with van der Waals surface area (Å²) in [5, 5.41) is 11.4. The van der Waals surface area contributed by atoms with Gasteiger partial charge in [0.2, 0.25) is 5.91 Å². The molecule has 2 aliphatic carbocycles. The molecule has 1 aromatic rings. The van der Waals surface area contributed by atoms with Gasteiger partial charge < -0.3 is 10.0 Å². The second kappa shape index (κ2) is 4.63. The fraction of sp³-hybridized carbons (Fsp3) is 0.571. The van der Waals surface area contributed by atoms with Gasteiger partial charge in [0.1, 0.15) is 5.41 Å². The molecule has 3 rings (SSSR count). The van der Waals surface area contributed by atoms with Gasteiger partial charge in [0.25, 0.3) is 0 Å². The molecule has 1 aromatic heterocycles. The minimum absolute atomic E-state index is 0.165. The molecule has 0 saturated heterocycles. The molecule has 0 aromatic carbocycles. The maximum absolute atomic E-state index is 12.6. The molecule has 19 heavy (non-hydrogen) atoms. The number of hydrogen-bond donors (Lipinski definition) is 1. The molecule has 2 saturated carbocycles. The minimum atomic E-state index is -1.13. The van der Waals surface area contributed by atoms with E-state index in [2.05, 4.69) is 0 Å². The highest BCUT2D eigenvalue weighted by molar-refractivity contribution is 7.09. The van der Waals surface area contributed by atoms with Crippen LogP contribution in [0.3, 0.4) is 0 Å². The zero-order chi connectivity index (χ0) is 13.5. The van der Waals surface area contributed by atoms with Crippen molar-refractivity contribution in [2.45, 2.75) is 44.7 Å². The van der Waals surface area contributed by atoms with Crippen molar-refractivity contribution in [2.24, 2.45) is 5.41 Å². The van der Waals surface area contributed by atoms with Crippen molar-refractivity contribution in [3.05, 3.63) is 22.4 Å². The third-order valence-electron chi connectivity index (χ3n) is 4.18. The van der Waals surface area contributed by atoms with Gasteiger partial charge in [-0.2, -0.15) is 0 Å². The number of nitrogens with zero attached hydrogens (tertiary/aromatic N) is 1. The van der Waals surface area contributed by atoms with Gasteiger partial charge in [-0.3, -0.25) is 9.59 Å². The third kappa shape index (κ3) is 2.16. The van der Waals surface area contributed by atoms with E-state index in [0.29, 0.717) is 19.4 Å². The Kier molecular flexibility index (Phi) is 3.09. The Balaban J connectivity index is 1.80. The molecule has 1 N–H and O–H groups in total. The molecule has 0 radical (unpaired) electrons. The minimum Gasteiger partial charge on any atom is -0.480 e. The van der Waals surface area contributed by atoms with Gasteiger partial charge in [0.05, 0.1) is 6.54 Å². The number of aliphatic carboxylic acids is 1. The number of amides is 1. The molecule has 0 atom stereocenters. The van der Waals surface area contributed by atoms with Gasteiger partial charge in [-0.1, -0.05) is 12.5 Å². The quantitative estimate of drug-likeness (QED) is 0.842. The highest BCUT2D eigenvalue weighted by atomic mass is 32.1. The second-order valence-electron chi connectivity index (χ2n) is 5.48. The predicted molar refractivity (Wildman–Crippen MR) is 71.8 cm³/mol. The highest BCUT2D eigenvalue weighted by Crippen LogP contribution is 2.45. The van der Waals surface area contributed by atoms with Crippen LogP contribution in [-0.2, 0) is 16.1 Å². The van der Waals surface area contributed by atoms with E-state index < -0.39 is 11.4 Å². The lowest BCUT2D eigenvalue weighted by Crippen LogP contribution is -2.53. The number of carbonyl (C=O) groups is 2. The molecule has 2 aliphatic rings. The summed E-state index contributed by atoms with van der Waals surface area (Å²) in [5.74, 6) is -1.11. The Hall–Kier alpha value is -1.36. The Labute approximate surface area is 116 Å². The molecule has 4 nitrogen and oxygen atoms in total. The zero-order valence-corrected chi connectivity index (χ0v) is 11.5. The topological polar surface area (TPSA) is 57.6 Å². The van der Waals surface area contributed by atoms with Gasteiger partial charge >= 0.3 is 5.97 Å². The summed E-state index contributed by atoms with van der Waals surface area (Å²) >= 11 is 1.62. The van der Waals surface area contributed by atoms with Crippen molar-refractivity contribution in [2.75, 3.05) is 0 Å². The molecular weight excluding hydrogens is 262 g/mol. The first-order valence-corrected chi connectivity index (χ1v) is 7.58. The summed E-state index contributed by atoms with van der Waals surface area (Å²) in [4.78, 5) is 27.0. The van der Waals surface area contributed by atoms with E-state index in [1.807, 2.05) is 17.5 Å². The molecule has 1 amide bonds.